The third-order valence-electron chi connectivity index (χ3n) is 3.03. The number of ether oxygens (including phenoxy) is 1. The lowest BCUT2D eigenvalue weighted by Gasteiger charge is -2.09. The van der Waals surface area contributed by atoms with E-state index in [0.29, 0.717) is 24.0 Å². The third kappa shape index (κ3) is 4.17. The van der Waals surface area contributed by atoms with E-state index in [-0.39, 0.29) is 5.91 Å². The Kier molecular flexibility index (Phi) is 5.09. The zero-order valence-electron chi connectivity index (χ0n) is 11.2. The van der Waals surface area contributed by atoms with Gasteiger partial charge in [-0.05, 0) is 25.0 Å². The van der Waals surface area contributed by atoms with Crippen LogP contribution in [0.1, 0.15) is 30.3 Å². The fourth-order valence-corrected chi connectivity index (χ4v) is 1.87. The molecule has 0 saturated carbocycles. The zero-order chi connectivity index (χ0) is 13.5. The largest absolute Gasteiger partial charge is 0.381 e. The van der Waals surface area contributed by atoms with Gasteiger partial charge in [-0.25, -0.2) is 0 Å². The van der Waals surface area contributed by atoms with E-state index in [1.54, 1.807) is 12.1 Å². The first-order valence-electron chi connectivity index (χ1n) is 6.73. The zero-order valence-corrected chi connectivity index (χ0v) is 11.2. The Hall–Kier alpha value is -1.69. The molecule has 6 heteroatoms. The summed E-state index contributed by atoms with van der Waals surface area (Å²) in [5.74, 6) is 0.937. The molecule has 1 aliphatic rings. The molecule has 19 heavy (non-hydrogen) atoms. The summed E-state index contributed by atoms with van der Waals surface area (Å²) >= 11 is 0. The molecule has 0 spiro atoms. The van der Waals surface area contributed by atoms with Gasteiger partial charge >= 0.3 is 0 Å². The fourth-order valence-electron chi connectivity index (χ4n) is 1.87. The molecule has 1 amide bonds. The number of nitrogens with one attached hydrogen (secondary N) is 2. The predicted octanol–water partition coefficient (Wildman–Crippen LogP) is 1.06. The molecule has 6 nitrogen and oxygen atoms in total. The first-order valence-corrected chi connectivity index (χ1v) is 6.73. The molecule has 1 saturated heterocycles. The summed E-state index contributed by atoms with van der Waals surface area (Å²) in [4.78, 5) is 11.9. The van der Waals surface area contributed by atoms with Crippen molar-refractivity contribution >= 4 is 11.7 Å². The minimum absolute atomic E-state index is 0.179. The molecule has 1 aliphatic heterocycles. The lowest BCUT2D eigenvalue weighted by atomic mass is 10.1. The van der Waals surface area contributed by atoms with E-state index in [4.69, 9.17) is 4.74 Å². The highest BCUT2D eigenvalue weighted by Gasteiger charge is 2.17. The van der Waals surface area contributed by atoms with E-state index in [2.05, 4.69) is 27.8 Å². The minimum Gasteiger partial charge on any atom is -0.381 e. The molecular formula is C13H20N4O2. The third-order valence-corrected chi connectivity index (χ3v) is 3.03. The van der Waals surface area contributed by atoms with Gasteiger partial charge in [0.25, 0.3) is 5.91 Å². The van der Waals surface area contributed by atoms with Crippen LogP contribution in [0.4, 0.5) is 5.82 Å². The Morgan fingerprint density at radius 1 is 1.47 bits per heavy atom. The molecule has 2 rings (SSSR count). The molecule has 1 aromatic heterocycles. The Morgan fingerprint density at radius 2 is 2.37 bits per heavy atom. The lowest BCUT2D eigenvalue weighted by molar-refractivity contribution is 0.0939. The van der Waals surface area contributed by atoms with Crippen molar-refractivity contribution in [3.05, 3.63) is 17.8 Å². The SMILES string of the molecule is CCCNc1ccc(C(=O)NCC2CCOC2)nn1. The number of nitrogens with zero attached hydrogens (tertiary/aromatic N) is 2. The lowest BCUT2D eigenvalue weighted by Crippen LogP contribution is -2.30. The summed E-state index contributed by atoms with van der Waals surface area (Å²) in [6, 6.07) is 3.46. The van der Waals surface area contributed by atoms with Crippen LogP contribution >= 0.6 is 0 Å². The van der Waals surface area contributed by atoms with Crippen LogP contribution in [0.2, 0.25) is 0 Å². The number of rotatable bonds is 6. The second-order valence-corrected chi connectivity index (χ2v) is 4.67. The summed E-state index contributed by atoms with van der Waals surface area (Å²) in [5, 5.41) is 13.9. The first kappa shape index (κ1) is 13.7. The van der Waals surface area contributed by atoms with E-state index in [0.717, 1.165) is 32.6 Å². The van der Waals surface area contributed by atoms with Crippen molar-refractivity contribution in [2.24, 2.45) is 5.92 Å². The van der Waals surface area contributed by atoms with Crippen LogP contribution in [-0.4, -0.2) is 42.4 Å². The van der Waals surface area contributed by atoms with Crippen molar-refractivity contribution in [2.45, 2.75) is 19.8 Å². The number of hydrogen-bond donors (Lipinski definition) is 2. The van der Waals surface area contributed by atoms with Gasteiger partial charge < -0.3 is 15.4 Å². The van der Waals surface area contributed by atoms with E-state index in [1.165, 1.54) is 0 Å². The number of carbonyl (C=O) groups is 1. The Bertz CT molecular complexity index is 402. The molecule has 2 N–H and O–H groups in total. The molecular weight excluding hydrogens is 244 g/mol. The van der Waals surface area contributed by atoms with Crippen LogP contribution in [0.5, 0.6) is 0 Å². The van der Waals surface area contributed by atoms with Gasteiger partial charge in [-0.15, -0.1) is 10.2 Å². The number of hydrogen-bond acceptors (Lipinski definition) is 5. The molecule has 0 radical (unpaired) electrons. The van der Waals surface area contributed by atoms with Crippen molar-refractivity contribution in [1.29, 1.82) is 0 Å². The Balaban J connectivity index is 1.81. The van der Waals surface area contributed by atoms with Crippen LogP contribution in [-0.2, 0) is 4.74 Å². The van der Waals surface area contributed by atoms with Crippen LogP contribution < -0.4 is 10.6 Å². The summed E-state index contributed by atoms with van der Waals surface area (Å²) in [7, 11) is 0. The highest BCUT2D eigenvalue weighted by molar-refractivity contribution is 5.92. The van der Waals surface area contributed by atoms with Crippen LogP contribution in [0.25, 0.3) is 0 Å². The first-order chi connectivity index (χ1) is 9.29. The molecule has 0 aromatic carbocycles. The molecule has 1 aromatic rings. The number of aromatic nitrogens is 2. The second kappa shape index (κ2) is 7.04. The van der Waals surface area contributed by atoms with Gasteiger partial charge in [0.05, 0.1) is 6.61 Å². The predicted molar refractivity (Wildman–Crippen MR) is 72.1 cm³/mol. The Labute approximate surface area is 112 Å². The molecule has 104 valence electrons. The van der Waals surface area contributed by atoms with Gasteiger partial charge in [-0.2, -0.15) is 0 Å². The highest BCUT2D eigenvalue weighted by atomic mass is 16.5. The fraction of sp³-hybridized carbons (Fsp3) is 0.615. The summed E-state index contributed by atoms with van der Waals surface area (Å²) < 4.78 is 5.26. The molecule has 0 bridgehead atoms. The van der Waals surface area contributed by atoms with Gasteiger partial charge in [0.2, 0.25) is 0 Å². The van der Waals surface area contributed by atoms with Crippen LogP contribution in [0, 0.1) is 5.92 Å². The molecule has 1 unspecified atom stereocenters. The monoisotopic (exact) mass is 264 g/mol. The molecule has 1 fully saturated rings. The number of anilines is 1. The van der Waals surface area contributed by atoms with Gasteiger partial charge in [-0.1, -0.05) is 6.92 Å². The van der Waals surface area contributed by atoms with E-state index in [1.807, 2.05) is 0 Å². The van der Waals surface area contributed by atoms with E-state index < -0.39 is 0 Å². The summed E-state index contributed by atoms with van der Waals surface area (Å²) in [6.07, 6.45) is 2.03. The van der Waals surface area contributed by atoms with Crippen molar-refractivity contribution < 1.29 is 9.53 Å². The van der Waals surface area contributed by atoms with Gasteiger partial charge in [-0.3, -0.25) is 4.79 Å². The van der Waals surface area contributed by atoms with Gasteiger partial charge in [0, 0.05) is 25.6 Å². The van der Waals surface area contributed by atoms with E-state index >= 15 is 0 Å². The van der Waals surface area contributed by atoms with Gasteiger partial charge in [0.15, 0.2) is 5.69 Å². The van der Waals surface area contributed by atoms with Gasteiger partial charge in [0.1, 0.15) is 5.82 Å². The maximum Gasteiger partial charge on any atom is 0.271 e. The topological polar surface area (TPSA) is 76.1 Å². The molecule has 1 atom stereocenters. The number of carbonyl (C=O) groups excluding carboxylic acids is 1. The van der Waals surface area contributed by atoms with Crippen molar-refractivity contribution in [3.63, 3.8) is 0 Å². The second-order valence-electron chi connectivity index (χ2n) is 4.67. The van der Waals surface area contributed by atoms with E-state index in [9.17, 15) is 4.79 Å². The summed E-state index contributed by atoms with van der Waals surface area (Å²) in [5.41, 5.74) is 0.348. The van der Waals surface area contributed by atoms with Crippen LogP contribution in [0.15, 0.2) is 12.1 Å². The van der Waals surface area contributed by atoms with Crippen molar-refractivity contribution in [2.75, 3.05) is 31.6 Å². The molecule has 2 heterocycles. The minimum atomic E-state index is -0.179. The van der Waals surface area contributed by atoms with Crippen molar-refractivity contribution in [1.82, 2.24) is 15.5 Å². The quantitative estimate of drug-likeness (QED) is 0.803. The van der Waals surface area contributed by atoms with Crippen LogP contribution in [0.3, 0.4) is 0 Å². The summed E-state index contributed by atoms with van der Waals surface area (Å²) in [6.45, 7) is 5.08. The average Bonchev–Trinajstić information content (AvgIpc) is 2.96. The highest BCUT2D eigenvalue weighted by Crippen LogP contribution is 2.10. The Morgan fingerprint density at radius 3 is 3.00 bits per heavy atom. The average molecular weight is 264 g/mol. The van der Waals surface area contributed by atoms with Crippen molar-refractivity contribution in [3.8, 4) is 0 Å². The normalized spacial score (nSPS) is 18.3. The molecule has 0 aliphatic carbocycles. The smallest absolute Gasteiger partial charge is 0.271 e. The number of amides is 1. The standard InChI is InChI=1S/C13H20N4O2/c1-2-6-14-12-4-3-11(16-17-12)13(18)15-8-10-5-7-19-9-10/h3-4,10H,2,5-9H2,1H3,(H,14,17)(H,15,18). The maximum atomic E-state index is 11.9. The maximum absolute atomic E-state index is 11.9.